The molecule has 0 fully saturated rings. The molecule has 1 unspecified atom stereocenters. The molecule has 1 atom stereocenters. The second-order valence-electron chi connectivity index (χ2n) is 4.03. The van der Waals surface area contributed by atoms with Crippen LogP contribution < -0.4 is 10.5 Å². The van der Waals surface area contributed by atoms with E-state index in [1.165, 1.54) is 0 Å². The Hall–Kier alpha value is -1.80. The first-order valence-electron chi connectivity index (χ1n) is 5.73. The van der Waals surface area contributed by atoms with Crippen LogP contribution in [0, 0.1) is 0 Å². The van der Waals surface area contributed by atoms with Crippen molar-refractivity contribution in [3.8, 4) is 5.75 Å². The largest absolute Gasteiger partial charge is 0.496 e. The number of methoxy groups -OCH3 is 1. The van der Waals surface area contributed by atoms with Gasteiger partial charge in [-0.05, 0) is 23.6 Å². The number of benzene rings is 2. The van der Waals surface area contributed by atoms with Crippen LogP contribution in [0.1, 0.15) is 17.2 Å². The van der Waals surface area contributed by atoms with Gasteiger partial charge >= 0.3 is 0 Å². The lowest BCUT2D eigenvalue weighted by molar-refractivity contribution is 0.408. The van der Waals surface area contributed by atoms with E-state index in [0.717, 1.165) is 23.3 Å². The quantitative estimate of drug-likeness (QED) is 0.871. The Morgan fingerprint density at radius 3 is 2.35 bits per heavy atom. The summed E-state index contributed by atoms with van der Waals surface area (Å²) in [4.78, 5) is 0. The molecule has 2 rings (SSSR count). The highest BCUT2D eigenvalue weighted by Gasteiger charge is 2.09. The average molecular weight is 227 g/mol. The third-order valence-corrected chi connectivity index (χ3v) is 2.86. The molecule has 2 N–H and O–H groups in total. The standard InChI is InChI=1S/C15H17NO/c1-17-15-10-6-5-9-13(15)11-14(16)12-7-3-2-4-8-12/h2-10,14H,11,16H2,1H3. The molecule has 2 heteroatoms. The topological polar surface area (TPSA) is 35.2 Å². The van der Waals surface area contributed by atoms with Gasteiger partial charge in [0.05, 0.1) is 7.11 Å². The Balaban J connectivity index is 2.16. The molecule has 0 amide bonds. The SMILES string of the molecule is COc1ccccc1CC(N)c1ccccc1. The molecule has 88 valence electrons. The third-order valence-electron chi connectivity index (χ3n) is 2.86. The molecule has 0 aliphatic heterocycles. The van der Waals surface area contributed by atoms with Crippen LogP contribution in [0.4, 0.5) is 0 Å². The van der Waals surface area contributed by atoms with Gasteiger partial charge in [-0.1, -0.05) is 48.5 Å². The molecule has 0 saturated heterocycles. The second-order valence-corrected chi connectivity index (χ2v) is 4.03. The molecule has 0 bridgehead atoms. The van der Waals surface area contributed by atoms with Crippen molar-refractivity contribution in [2.24, 2.45) is 5.73 Å². The van der Waals surface area contributed by atoms with Crippen LogP contribution in [-0.2, 0) is 6.42 Å². The smallest absolute Gasteiger partial charge is 0.122 e. The minimum absolute atomic E-state index is 0.00694. The maximum atomic E-state index is 6.20. The van der Waals surface area contributed by atoms with E-state index in [-0.39, 0.29) is 6.04 Å². The van der Waals surface area contributed by atoms with Gasteiger partial charge < -0.3 is 10.5 Å². The molecular weight excluding hydrogens is 210 g/mol. The van der Waals surface area contributed by atoms with Gasteiger partial charge in [0.15, 0.2) is 0 Å². The summed E-state index contributed by atoms with van der Waals surface area (Å²) >= 11 is 0. The summed E-state index contributed by atoms with van der Waals surface area (Å²) in [5.74, 6) is 0.902. The Morgan fingerprint density at radius 1 is 1.00 bits per heavy atom. The van der Waals surface area contributed by atoms with Crippen LogP contribution >= 0.6 is 0 Å². The van der Waals surface area contributed by atoms with Gasteiger partial charge in [0.1, 0.15) is 5.75 Å². The van der Waals surface area contributed by atoms with E-state index in [1.807, 2.05) is 36.4 Å². The van der Waals surface area contributed by atoms with E-state index in [4.69, 9.17) is 10.5 Å². The summed E-state index contributed by atoms with van der Waals surface area (Å²) in [5, 5.41) is 0. The highest BCUT2D eigenvalue weighted by atomic mass is 16.5. The highest BCUT2D eigenvalue weighted by Crippen LogP contribution is 2.23. The minimum atomic E-state index is 0.00694. The van der Waals surface area contributed by atoms with Crippen molar-refractivity contribution in [1.82, 2.24) is 0 Å². The van der Waals surface area contributed by atoms with Crippen molar-refractivity contribution in [3.63, 3.8) is 0 Å². The summed E-state index contributed by atoms with van der Waals surface area (Å²) in [5.41, 5.74) is 8.49. The number of para-hydroxylation sites is 1. The van der Waals surface area contributed by atoms with Gasteiger partial charge in [-0.25, -0.2) is 0 Å². The zero-order chi connectivity index (χ0) is 12.1. The number of hydrogen-bond donors (Lipinski definition) is 1. The lowest BCUT2D eigenvalue weighted by Gasteiger charge is -2.14. The normalized spacial score (nSPS) is 12.1. The molecule has 0 radical (unpaired) electrons. The summed E-state index contributed by atoms with van der Waals surface area (Å²) in [6.45, 7) is 0. The summed E-state index contributed by atoms with van der Waals surface area (Å²) < 4.78 is 5.33. The first-order valence-corrected chi connectivity index (χ1v) is 5.73. The van der Waals surface area contributed by atoms with Gasteiger partial charge in [0.25, 0.3) is 0 Å². The van der Waals surface area contributed by atoms with Crippen molar-refractivity contribution < 1.29 is 4.74 Å². The van der Waals surface area contributed by atoms with Gasteiger partial charge in [0, 0.05) is 6.04 Å². The Kier molecular flexibility index (Phi) is 3.78. The summed E-state index contributed by atoms with van der Waals surface area (Å²) in [6.07, 6.45) is 0.786. The van der Waals surface area contributed by atoms with Crippen molar-refractivity contribution >= 4 is 0 Å². The molecule has 2 aromatic rings. The van der Waals surface area contributed by atoms with Gasteiger partial charge in [0.2, 0.25) is 0 Å². The van der Waals surface area contributed by atoms with Gasteiger partial charge in [-0.2, -0.15) is 0 Å². The van der Waals surface area contributed by atoms with Crippen LogP contribution in [0.15, 0.2) is 54.6 Å². The molecule has 0 aliphatic carbocycles. The van der Waals surface area contributed by atoms with Gasteiger partial charge in [-0.3, -0.25) is 0 Å². The minimum Gasteiger partial charge on any atom is -0.496 e. The second kappa shape index (κ2) is 5.51. The molecule has 17 heavy (non-hydrogen) atoms. The lowest BCUT2D eigenvalue weighted by Crippen LogP contribution is -2.13. The monoisotopic (exact) mass is 227 g/mol. The van der Waals surface area contributed by atoms with Crippen LogP contribution in [0.3, 0.4) is 0 Å². The Morgan fingerprint density at radius 2 is 1.65 bits per heavy atom. The fourth-order valence-corrected chi connectivity index (χ4v) is 1.93. The number of hydrogen-bond acceptors (Lipinski definition) is 2. The Labute approximate surface area is 102 Å². The van der Waals surface area contributed by atoms with E-state index >= 15 is 0 Å². The highest BCUT2D eigenvalue weighted by molar-refractivity contribution is 5.35. The predicted octanol–water partition coefficient (Wildman–Crippen LogP) is 2.94. The van der Waals surface area contributed by atoms with Crippen LogP contribution in [-0.4, -0.2) is 7.11 Å². The van der Waals surface area contributed by atoms with Crippen molar-refractivity contribution in [3.05, 3.63) is 65.7 Å². The van der Waals surface area contributed by atoms with E-state index in [1.54, 1.807) is 7.11 Å². The van der Waals surface area contributed by atoms with E-state index < -0.39 is 0 Å². The zero-order valence-electron chi connectivity index (χ0n) is 9.97. The number of rotatable bonds is 4. The number of ether oxygens (including phenoxy) is 1. The van der Waals surface area contributed by atoms with Crippen LogP contribution in [0.5, 0.6) is 5.75 Å². The maximum absolute atomic E-state index is 6.20. The van der Waals surface area contributed by atoms with Crippen molar-refractivity contribution in [2.75, 3.05) is 7.11 Å². The molecule has 0 spiro atoms. The molecular formula is C15H17NO. The Bertz CT molecular complexity index is 467. The van der Waals surface area contributed by atoms with E-state index in [2.05, 4.69) is 18.2 Å². The molecule has 0 saturated carbocycles. The average Bonchev–Trinajstić information content (AvgIpc) is 2.40. The maximum Gasteiger partial charge on any atom is 0.122 e. The first-order chi connectivity index (χ1) is 8.31. The number of nitrogens with two attached hydrogens (primary N) is 1. The zero-order valence-corrected chi connectivity index (χ0v) is 9.97. The molecule has 0 heterocycles. The van der Waals surface area contributed by atoms with Crippen molar-refractivity contribution in [1.29, 1.82) is 0 Å². The van der Waals surface area contributed by atoms with Crippen molar-refractivity contribution in [2.45, 2.75) is 12.5 Å². The fraction of sp³-hybridized carbons (Fsp3) is 0.200. The first kappa shape index (κ1) is 11.7. The van der Waals surface area contributed by atoms with Crippen LogP contribution in [0.2, 0.25) is 0 Å². The predicted molar refractivity (Wildman–Crippen MR) is 70.1 cm³/mol. The van der Waals surface area contributed by atoms with Crippen LogP contribution in [0.25, 0.3) is 0 Å². The molecule has 0 aromatic heterocycles. The molecule has 2 aromatic carbocycles. The fourth-order valence-electron chi connectivity index (χ4n) is 1.93. The summed E-state index contributed by atoms with van der Waals surface area (Å²) in [7, 11) is 1.69. The van der Waals surface area contributed by atoms with Gasteiger partial charge in [-0.15, -0.1) is 0 Å². The molecule has 0 aliphatic rings. The third kappa shape index (κ3) is 2.86. The van der Waals surface area contributed by atoms with E-state index in [0.29, 0.717) is 0 Å². The summed E-state index contributed by atoms with van der Waals surface area (Å²) in [6, 6.07) is 18.1. The molecule has 2 nitrogen and oxygen atoms in total. The lowest BCUT2D eigenvalue weighted by atomic mass is 9.99. The van der Waals surface area contributed by atoms with E-state index in [9.17, 15) is 0 Å².